The largest absolute Gasteiger partial charge is 0.494 e. The van der Waals surface area contributed by atoms with Gasteiger partial charge < -0.3 is 20.1 Å². The molecule has 4 amide bonds. The van der Waals surface area contributed by atoms with Gasteiger partial charge in [-0.2, -0.15) is 9.49 Å². The van der Waals surface area contributed by atoms with Crippen LogP contribution < -0.4 is 25.4 Å². The number of nitrogens with one attached hydrogen (secondary N) is 1. The molecule has 5 aliphatic heterocycles. The van der Waals surface area contributed by atoms with Crippen molar-refractivity contribution in [2.75, 3.05) is 57.0 Å². The van der Waals surface area contributed by atoms with E-state index in [2.05, 4.69) is 30.0 Å². The summed E-state index contributed by atoms with van der Waals surface area (Å²) in [6.45, 7) is 5.56. The van der Waals surface area contributed by atoms with Crippen LogP contribution in [0.25, 0.3) is 22.3 Å². The van der Waals surface area contributed by atoms with Crippen LogP contribution in [0.3, 0.4) is 0 Å². The van der Waals surface area contributed by atoms with E-state index in [1.165, 1.54) is 19.5 Å². The molecule has 7 heterocycles. The molecule has 5 aromatic rings. The molecule has 4 fully saturated rings. The zero-order chi connectivity index (χ0) is 41.2. The molecule has 0 spiro atoms. The van der Waals surface area contributed by atoms with Crippen molar-refractivity contribution in [1.29, 1.82) is 0 Å². The van der Waals surface area contributed by atoms with Crippen LogP contribution in [0.4, 0.5) is 15.9 Å². The number of anilines is 2. The molecule has 4 saturated heterocycles. The Balaban J connectivity index is 0.753. The van der Waals surface area contributed by atoms with Gasteiger partial charge in [-0.25, -0.2) is 14.6 Å². The molecule has 3 N–H and O–H groups in total. The number of nitrogen functional groups attached to an aromatic ring is 1. The van der Waals surface area contributed by atoms with Gasteiger partial charge in [0.05, 0.1) is 29.7 Å². The molecule has 60 heavy (non-hydrogen) atoms. The molecule has 2 aromatic heterocycles. The molecule has 5 aliphatic rings. The summed E-state index contributed by atoms with van der Waals surface area (Å²) in [7, 11) is 1.41. The number of benzene rings is 3. The maximum absolute atomic E-state index is 14.7. The van der Waals surface area contributed by atoms with E-state index >= 15 is 0 Å². The number of hydrogen-bond acceptors (Lipinski definition) is 13. The fraction of sp³-hybridized carbons (Fsp3) is 0.372. The Morgan fingerprint density at radius 2 is 1.58 bits per heavy atom. The summed E-state index contributed by atoms with van der Waals surface area (Å²) in [5, 5.41) is 8.05. The van der Waals surface area contributed by atoms with Crippen molar-refractivity contribution in [1.82, 2.24) is 39.8 Å². The maximum atomic E-state index is 14.7. The van der Waals surface area contributed by atoms with Crippen LogP contribution >= 0.6 is 0 Å². The third-order valence-electron chi connectivity index (χ3n) is 12.7. The number of halogens is 1. The minimum atomic E-state index is -0.980. The van der Waals surface area contributed by atoms with Crippen LogP contribution in [0.15, 0.2) is 67.0 Å². The molecule has 10 rings (SSSR count). The minimum Gasteiger partial charge on any atom is -0.494 e. The van der Waals surface area contributed by atoms with E-state index in [0.29, 0.717) is 45.9 Å². The van der Waals surface area contributed by atoms with Crippen LogP contribution in [-0.4, -0.2) is 123 Å². The highest BCUT2D eigenvalue weighted by Crippen LogP contribution is 2.38. The first-order chi connectivity index (χ1) is 29.1. The van der Waals surface area contributed by atoms with Crippen molar-refractivity contribution in [2.24, 2.45) is 0 Å². The Kier molecular flexibility index (Phi) is 9.43. The van der Waals surface area contributed by atoms with Gasteiger partial charge in [-0.05, 0) is 86.8 Å². The number of aromatic nitrogens is 4. The fourth-order valence-electron chi connectivity index (χ4n) is 9.27. The number of methoxy groups -OCH3 is 1. The smallest absolute Gasteiger partial charge is 0.262 e. The number of fused-ring (bicyclic) bond motifs is 2. The van der Waals surface area contributed by atoms with Crippen LogP contribution in [0.5, 0.6) is 17.2 Å². The normalized spacial score (nSPS) is 21.8. The second-order valence-electron chi connectivity index (χ2n) is 16.1. The molecular weight excluding hydrogens is 772 g/mol. The third kappa shape index (κ3) is 6.48. The Hall–Kier alpha value is -6.46. The number of nitrogens with two attached hydrogens (primary N) is 1. The average Bonchev–Trinajstić information content (AvgIpc) is 3.60. The molecule has 0 aliphatic carbocycles. The zero-order valence-corrected chi connectivity index (χ0v) is 32.9. The number of ether oxygens (including phenoxy) is 2. The summed E-state index contributed by atoms with van der Waals surface area (Å²) in [6.07, 6.45) is 4.57. The van der Waals surface area contributed by atoms with Crippen LogP contribution in [-0.2, 0) is 9.59 Å². The van der Waals surface area contributed by atoms with Gasteiger partial charge >= 0.3 is 0 Å². The first kappa shape index (κ1) is 37.8. The second kappa shape index (κ2) is 15.0. The average molecular weight is 815 g/mol. The van der Waals surface area contributed by atoms with E-state index in [1.807, 2.05) is 22.9 Å². The number of carbonyl (C=O) groups excluding carboxylic acids is 4. The van der Waals surface area contributed by atoms with Crippen molar-refractivity contribution < 1.29 is 33.0 Å². The minimum absolute atomic E-state index is 0.0657. The van der Waals surface area contributed by atoms with Gasteiger partial charge in [0.25, 0.3) is 11.8 Å². The van der Waals surface area contributed by atoms with E-state index in [-0.39, 0.29) is 35.9 Å². The second-order valence-corrected chi connectivity index (χ2v) is 16.1. The van der Waals surface area contributed by atoms with E-state index in [0.717, 1.165) is 74.7 Å². The summed E-state index contributed by atoms with van der Waals surface area (Å²) in [5.41, 5.74) is 10.1. The van der Waals surface area contributed by atoms with Gasteiger partial charge in [0, 0.05) is 62.5 Å². The first-order valence-electron chi connectivity index (χ1n) is 20.3. The van der Waals surface area contributed by atoms with E-state index < -0.39 is 35.5 Å². The van der Waals surface area contributed by atoms with Crippen molar-refractivity contribution >= 4 is 46.2 Å². The maximum Gasteiger partial charge on any atom is 0.262 e. The van der Waals surface area contributed by atoms with Crippen molar-refractivity contribution in [3.63, 3.8) is 0 Å². The molecule has 3 aromatic carbocycles. The number of amides is 4. The molecule has 0 radical (unpaired) electrons. The van der Waals surface area contributed by atoms with E-state index in [4.69, 9.17) is 20.3 Å². The van der Waals surface area contributed by atoms with Gasteiger partial charge in [0.15, 0.2) is 17.1 Å². The third-order valence-corrected chi connectivity index (χ3v) is 12.7. The lowest BCUT2D eigenvalue weighted by Gasteiger charge is -2.54. The van der Waals surface area contributed by atoms with Crippen LogP contribution in [0.1, 0.15) is 58.9 Å². The van der Waals surface area contributed by atoms with Gasteiger partial charge in [-0.1, -0.05) is 6.07 Å². The number of likely N-dealkylation sites (tertiary alicyclic amines) is 2. The Labute approximate surface area is 344 Å². The topological polar surface area (TPSA) is 181 Å². The SMILES string of the molecule is COc1cccc(Oc2ccc(-c3nn(C4CCCN(C5CN(C6CN(c7ccc8c(c7)C(=O)N(C7CCC(=O)NC7=O)C8=O)C6)C5)CC4)c4ncnc(N)c34)cc2)c1F. The molecule has 308 valence electrons. The lowest BCUT2D eigenvalue weighted by molar-refractivity contribution is -0.136. The molecule has 0 saturated carbocycles. The number of hydrogen-bond donors (Lipinski definition) is 2. The lowest BCUT2D eigenvalue weighted by Crippen LogP contribution is -2.69. The van der Waals surface area contributed by atoms with Crippen molar-refractivity contribution in [3.8, 4) is 28.5 Å². The molecular formula is C43H43FN10O6. The highest BCUT2D eigenvalue weighted by atomic mass is 19.1. The molecule has 16 nitrogen and oxygen atoms in total. The highest BCUT2D eigenvalue weighted by molar-refractivity contribution is 6.23. The summed E-state index contributed by atoms with van der Waals surface area (Å²) in [6, 6.07) is 17.3. The zero-order valence-electron chi connectivity index (χ0n) is 32.9. The Morgan fingerprint density at radius 3 is 2.37 bits per heavy atom. The van der Waals surface area contributed by atoms with Crippen LogP contribution in [0, 0.1) is 5.82 Å². The summed E-state index contributed by atoms with van der Waals surface area (Å²) in [5.74, 6) is -1.58. The van der Waals surface area contributed by atoms with Crippen molar-refractivity contribution in [3.05, 3.63) is 83.9 Å². The number of nitrogens with zero attached hydrogens (tertiary/aromatic N) is 8. The Morgan fingerprint density at radius 1 is 0.817 bits per heavy atom. The number of imide groups is 2. The van der Waals surface area contributed by atoms with E-state index in [9.17, 15) is 23.6 Å². The Bertz CT molecular complexity index is 2550. The van der Waals surface area contributed by atoms with Gasteiger partial charge in [-0.15, -0.1) is 0 Å². The summed E-state index contributed by atoms with van der Waals surface area (Å²) < 4.78 is 27.7. The molecule has 17 heteroatoms. The molecule has 0 bridgehead atoms. The number of carbonyl (C=O) groups is 4. The van der Waals surface area contributed by atoms with Crippen LogP contribution in [0.2, 0.25) is 0 Å². The number of rotatable bonds is 9. The monoisotopic (exact) mass is 814 g/mol. The lowest BCUT2D eigenvalue weighted by atomic mass is 9.97. The fourth-order valence-corrected chi connectivity index (χ4v) is 9.27. The predicted molar refractivity (Wildman–Crippen MR) is 217 cm³/mol. The molecule has 2 unspecified atom stereocenters. The summed E-state index contributed by atoms with van der Waals surface area (Å²) in [4.78, 5) is 67.9. The summed E-state index contributed by atoms with van der Waals surface area (Å²) >= 11 is 0. The first-order valence-corrected chi connectivity index (χ1v) is 20.3. The van der Waals surface area contributed by atoms with E-state index in [1.54, 1.807) is 36.4 Å². The van der Waals surface area contributed by atoms with Gasteiger partial charge in [0.2, 0.25) is 17.6 Å². The number of piperidine rings is 1. The van der Waals surface area contributed by atoms with Gasteiger partial charge in [-0.3, -0.25) is 39.2 Å². The van der Waals surface area contributed by atoms with Crippen molar-refractivity contribution in [2.45, 2.75) is 56.3 Å². The van der Waals surface area contributed by atoms with Gasteiger partial charge in [0.1, 0.15) is 29.6 Å². The standard InChI is InChI=1S/C43H43FN10O6/c1-59-33-5-2-6-34(37(33)44)60-29-10-7-24(8-11-29)38-36-39(45)46-23-47-40(36)54(49-38)25-4-3-16-50(17-15-25)27-19-52(20-27)28-21-51(22-28)26-9-12-30-31(18-26)43(58)53(42(30)57)32-13-14-35(55)48-41(32)56/h2,5-12,18,23,25,27-28,32H,3-4,13-17,19-22H2,1H3,(H2,45,46,47)(H,48,55,56). The highest BCUT2D eigenvalue weighted by Gasteiger charge is 2.46. The molecule has 2 atom stereocenters. The quantitative estimate of drug-likeness (QED) is 0.204. The predicted octanol–water partition coefficient (Wildman–Crippen LogP) is 4.02.